The van der Waals surface area contributed by atoms with Crippen molar-refractivity contribution in [2.75, 3.05) is 37.8 Å². The summed E-state index contributed by atoms with van der Waals surface area (Å²) in [6, 6.07) is 5.29. The topological polar surface area (TPSA) is 59.0 Å². The normalized spacial score (nSPS) is 21.9. The molecule has 0 bridgehead atoms. The molecule has 1 saturated heterocycles. The maximum atomic E-state index is 11.2. The Bertz CT molecular complexity index is 482. The third kappa shape index (κ3) is 2.38. The molecule has 102 valence electrons. The monoisotopic (exact) mass is 263 g/mol. The number of carboxylic acid groups (broad SMARTS) is 1. The van der Waals surface area contributed by atoms with Crippen molar-refractivity contribution in [2.45, 2.75) is 6.42 Å². The Labute approximate surface area is 111 Å². The predicted octanol–water partition coefficient (Wildman–Crippen LogP) is 1.62. The Morgan fingerprint density at radius 2 is 2.32 bits per heavy atom. The first-order valence-corrected chi connectivity index (χ1v) is 6.57. The van der Waals surface area contributed by atoms with Gasteiger partial charge in [0.2, 0.25) is 0 Å². The lowest BCUT2D eigenvalue weighted by atomic mass is 10.1. The van der Waals surface area contributed by atoms with Crippen molar-refractivity contribution in [1.29, 1.82) is 0 Å². The summed E-state index contributed by atoms with van der Waals surface area (Å²) in [5, 5.41) is 9.19. The first-order chi connectivity index (χ1) is 9.25. The predicted molar refractivity (Wildman–Crippen MR) is 70.0 cm³/mol. The van der Waals surface area contributed by atoms with Crippen LogP contribution in [0.25, 0.3) is 0 Å². The number of aromatic carboxylic acids is 1. The fourth-order valence-corrected chi connectivity index (χ4v) is 2.70. The molecule has 0 radical (unpaired) electrons. The van der Waals surface area contributed by atoms with Crippen LogP contribution in [0.1, 0.15) is 16.8 Å². The van der Waals surface area contributed by atoms with Gasteiger partial charge in [-0.05, 0) is 18.6 Å². The van der Waals surface area contributed by atoms with Crippen molar-refractivity contribution in [2.24, 2.45) is 5.92 Å². The summed E-state index contributed by atoms with van der Waals surface area (Å²) in [5.41, 5.74) is 1.13. The van der Waals surface area contributed by atoms with Crippen LogP contribution in [0.15, 0.2) is 18.2 Å². The molecule has 2 heterocycles. The number of anilines is 1. The molecule has 0 saturated carbocycles. The van der Waals surface area contributed by atoms with Crippen LogP contribution in [0.4, 0.5) is 5.69 Å². The van der Waals surface area contributed by atoms with E-state index >= 15 is 0 Å². The van der Waals surface area contributed by atoms with Gasteiger partial charge in [-0.1, -0.05) is 6.07 Å². The number of carboxylic acids is 1. The first kappa shape index (κ1) is 12.3. The van der Waals surface area contributed by atoms with E-state index in [1.807, 2.05) is 6.07 Å². The molecule has 1 atom stereocenters. The quantitative estimate of drug-likeness (QED) is 0.898. The van der Waals surface area contributed by atoms with E-state index in [4.69, 9.17) is 9.47 Å². The lowest BCUT2D eigenvalue weighted by Crippen LogP contribution is -2.37. The fourth-order valence-electron chi connectivity index (χ4n) is 2.70. The molecular formula is C14H17NO4. The summed E-state index contributed by atoms with van der Waals surface area (Å²) in [5.74, 6) is 0.0856. The third-order valence-corrected chi connectivity index (χ3v) is 3.68. The van der Waals surface area contributed by atoms with Crippen LogP contribution < -0.4 is 9.64 Å². The number of nitrogens with zero attached hydrogens (tertiary/aromatic N) is 1. The maximum absolute atomic E-state index is 11.2. The highest BCUT2D eigenvalue weighted by molar-refractivity contribution is 5.93. The third-order valence-electron chi connectivity index (χ3n) is 3.68. The summed E-state index contributed by atoms with van der Waals surface area (Å²) in [6.07, 6.45) is 1.07. The number of rotatable bonds is 3. The molecule has 5 heteroatoms. The van der Waals surface area contributed by atoms with Crippen LogP contribution in [-0.2, 0) is 4.74 Å². The fraction of sp³-hybridized carbons (Fsp3) is 0.500. The average Bonchev–Trinajstić information content (AvgIpc) is 2.91. The number of benzene rings is 1. The molecule has 0 aromatic heterocycles. The summed E-state index contributed by atoms with van der Waals surface area (Å²) in [6.45, 7) is 3.86. The van der Waals surface area contributed by atoms with Crippen molar-refractivity contribution in [3.63, 3.8) is 0 Å². The van der Waals surface area contributed by atoms with E-state index in [-0.39, 0.29) is 5.56 Å². The molecule has 1 aromatic carbocycles. The average molecular weight is 263 g/mol. The molecule has 1 fully saturated rings. The Morgan fingerprint density at radius 1 is 1.42 bits per heavy atom. The number of carbonyl (C=O) groups is 1. The summed E-state index contributed by atoms with van der Waals surface area (Å²) in [7, 11) is 0. The second-order valence-electron chi connectivity index (χ2n) is 4.98. The molecular weight excluding hydrogens is 246 g/mol. The van der Waals surface area contributed by atoms with Crippen molar-refractivity contribution in [3.8, 4) is 5.75 Å². The molecule has 0 amide bonds. The minimum atomic E-state index is -0.942. The molecule has 2 aliphatic rings. The van der Waals surface area contributed by atoms with Crippen molar-refractivity contribution >= 4 is 11.7 Å². The number of fused-ring (bicyclic) bond motifs is 1. The molecule has 1 aromatic rings. The maximum Gasteiger partial charge on any atom is 0.339 e. The molecule has 0 spiro atoms. The lowest BCUT2D eigenvalue weighted by Gasteiger charge is -2.33. The van der Waals surface area contributed by atoms with E-state index in [0.717, 1.165) is 38.4 Å². The first-order valence-electron chi connectivity index (χ1n) is 6.57. The molecule has 3 rings (SSSR count). The van der Waals surface area contributed by atoms with Crippen molar-refractivity contribution < 1.29 is 19.4 Å². The number of ether oxygens (including phenoxy) is 2. The molecule has 1 unspecified atom stereocenters. The van der Waals surface area contributed by atoms with Crippen LogP contribution in [0.5, 0.6) is 5.75 Å². The van der Waals surface area contributed by atoms with Crippen molar-refractivity contribution in [3.05, 3.63) is 23.8 Å². The Balaban J connectivity index is 1.87. The number of hydrogen-bond donors (Lipinski definition) is 1. The largest absolute Gasteiger partial charge is 0.489 e. The van der Waals surface area contributed by atoms with E-state index in [1.54, 1.807) is 12.1 Å². The Kier molecular flexibility index (Phi) is 3.29. The highest BCUT2D eigenvalue weighted by atomic mass is 16.5. The molecule has 5 nitrogen and oxygen atoms in total. The van der Waals surface area contributed by atoms with E-state index < -0.39 is 5.97 Å². The van der Waals surface area contributed by atoms with Gasteiger partial charge in [0.1, 0.15) is 12.2 Å². The van der Waals surface area contributed by atoms with Crippen LogP contribution >= 0.6 is 0 Å². The SMILES string of the molecule is O=C(O)c1cccc2c1OCCN2CC1CCOC1. The van der Waals surface area contributed by atoms with Gasteiger partial charge in [-0.2, -0.15) is 0 Å². The van der Waals surface area contributed by atoms with Gasteiger partial charge in [0, 0.05) is 19.1 Å². The smallest absolute Gasteiger partial charge is 0.339 e. The second kappa shape index (κ2) is 5.09. The molecule has 2 aliphatic heterocycles. The van der Waals surface area contributed by atoms with E-state index in [1.165, 1.54) is 0 Å². The Hall–Kier alpha value is -1.75. The summed E-state index contributed by atoms with van der Waals surface area (Å²) in [4.78, 5) is 13.4. The van der Waals surface area contributed by atoms with Gasteiger partial charge in [0.25, 0.3) is 0 Å². The van der Waals surface area contributed by atoms with E-state index in [9.17, 15) is 9.90 Å². The van der Waals surface area contributed by atoms with Gasteiger partial charge >= 0.3 is 5.97 Å². The highest BCUT2D eigenvalue weighted by Crippen LogP contribution is 2.35. The van der Waals surface area contributed by atoms with Gasteiger partial charge < -0.3 is 19.5 Å². The minimum Gasteiger partial charge on any atom is -0.489 e. The molecule has 19 heavy (non-hydrogen) atoms. The summed E-state index contributed by atoms with van der Waals surface area (Å²) < 4.78 is 11.0. The van der Waals surface area contributed by atoms with Crippen molar-refractivity contribution in [1.82, 2.24) is 0 Å². The van der Waals surface area contributed by atoms with E-state index in [2.05, 4.69) is 4.90 Å². The van der Waals surface area contributed by atoms with Gasteiger partial charge in [-0.25, -0.2) is 4.79 Å². The number of hydrogen-bond acceptors (Lipinski definition) is 4. The second-order valence-corrected chi connectivity index (χ2v) is 4.98. The molecule has 0 aliphatic carbocycles. The Morgan fingerprint density at radius 3 is 3.05 bits per heavy atom. The van der Waals surface area contributed by atoms with Crippen LogP contribution in [0, 0.1) is 5.92 Å². The highest BCUT2D eigenvalue weighted by Gasteiger charge is 2.26. The lowest BCUT2D eigenvalue weighted by molar-refractivity contribution is 0.0692. The summed E-state index contributed by atoms with van der Waals surface area (Å²) >= 11 is 0. The zero-order valence-corrected chi connectivity index (χ0v) is 10.7. The van der Waals surface area contributed by atoms with Gasteiger partial charge in [0.15, 0.2) is 5.75 Å². The standard InChI is InChI=1S/C14H17NO4/c16-14(17)11-2-1-3-12-13(11)19-7-5-15(12)8-10-4-6-18-9-10/h1-3,10H,4-9H2,(H,16,17). The van der Waals surface area contributed by atoms with Crippen LogP contribution in [-0.4, -0.2) is 44.0 Å². The zero-order chi connectivity index (χ0) is 13.2. The number of para-hydroxylation sites is 1. The molecule has 1 N–H and O–H groups in total. The van der Waals surface area contributed by atoms with Crippen LogP contribution in [0.2, 0.25) is 0 Å². The van der Waals surface area contributed by atoms with Gasteiger partial charge in [-0.3, -0.25) is 0 Å². The minimum absolute atomic E-state index is 0.241. The van der Waals surface area contributed by atoms with Gasteiger partial charge in [0.05, 0.1) is 18.8 Å². The van der Waals surface area contributed by atoms with E-state index in [0.29, 0.717) is 18.3 Å². The van der Waals surface area contributed by atoms with Gasteiger partial charge in [-0.15, -0.1) is 0 Å². The zero-order valence-electron chi connectivity index (χ0n) is 10.7. The van der Waals surface area contributed by atoms with Crippen LogP contribution in [0.3, 0.4) is 0 Å².